The lowest BCUT2D eigenvalue weighted by Gasteiger charge is -2.27. The minimum absolute atomic E-state index is 0.583. The zero-order valence-electron chi connectivity index (χ0n) is 8.73. The molecule has 1 aliphatic carbocycles. The Morgan fingerprint density at radius 2 is 2.25 bits per heavy atom. The second-order valence-corrected chi connectivity index (χ2v) is 4.17. The van der Waals surface area contributed by atoms with Gasteiger partial charge in [-0.15, -0.1) is 0 Å². The summed E-state index contributed by atoms with van der Waals surface area (Å²) in [5.41, 5.74) is 6.84. The van der Waals surface area contributed by atoms with E-state index in [-0.39, 0.29) is 0 Å². The van der Waals surface area contributed by atoms with Crippen molar-refractivity contribution in [2.24, 2.45) is 5.10 Å². The Kier molecular flexibility index (Phi) is 1.43. The molecular weight excluding hydrogens is 202 g/mol. The van der Waals surface area contributed by atoms with Crippen molar-refractivity contribution in [1.82, 2.24) is 10.3 Å². The molecule has 0 bridgehead atoms. The third-order valence-corrected chi connectivity index (χ3v) is 3.28. The van der Waals surface area contributed by atoms with E-state index < -0.39 is 0 Å². The fourth-order valence-corrected chi connectivity index (χ4v) is 2.55. The summed E-state index contributed by atoms with van der Waals surface area (Å²) in [6, 6.07) is 8.47. The zero-order chi connectivity index (χ0) is 10.5. The molecule has 0 saturated heterocycles. The molecule has 4 rings (SSSR count). The van der Waals surface area contributed by atoms with Gasteiger partial charge in [0.25, 0.3) is 0 Å². The van der Waals surface area contributed by atoms with Crippen LogP contribution in [0.15, 0.2) is 35.1 Å². The number of rotatable bonds is 0. The Morgan fingerprint density at radius 1 is 1.31 bits per heavy atom. The molecule has 1 N–H and O–H groups in total. The second kappa shape index (κ2) is 2.78. The lowest BCUT2D eigenvalue weighted by atomic mass is 10.1. The average Bonchev–Trinajstić information content (AvgIpc) is 2.91. The Hall–Kier alpha value is -1.97. The molecule has 1 aromatic rings. The van der Waals surface area contributed by atoms with Gasteiger partial charge in [0.05, 0.1) is 5.70 Å². The van der Waals surface area contributed by atoms with Crippen LogP contribution in [0.25, 0.3) is 5.70 Å². The van der Waals surface area contributed by atoms with Crippen molar-refractivity contribution in [2.75, 3.05) is 13.3 Å². The minimum Gasteiger partial charge on any atom is -0.487 e. The molecular formula is C12H11N3O. The van der Waals surface area contributed by atoms with Gasteiger partial charge < -0.3 is 9.64 Å². The van der Waals surface area contributed by atoms with Gasteiger partial charge in [0.1, 0.15) is 19.0 Å². The van der Waals surface area contributed by atoms with Crippen molar-refractivity contribution in [1.29, 1.82) is 0 Å². The Bertz CT molecular complexity index is 533. The number of nitrogens with one attached hydrogen (secondary N) is 1. The Morgan fingerprint density at radius 3 is 3.25 bits per heavy atom. The van der Waals surface area contributed by atoms with Gasteiger partial charge in [-0.25, -0.2) is 0 Å². The van der Waals surface area contributed by atoms with E-state index in [0.29, 0.717) is 6.61 Å². The van der Waals surface area contributed by atoms with Crippen LogP contribution in [0.4, 0.5) is 0 Å². The first-order valence-electron chi connectivity index (χ1n) is 5.45. The fraction of sp³-hybridized carbons (Fsp3) is 0.250. The van der Waals surface area contributed by atoms with Gasteiger partial charge in [-0.05, 0) is 5.56 Å². The third kappa shape index (κ3) is 0.913. The number of amidine groups is 1. The van der Waals surface area contributed by atoms with Crippen LogP contribution >= 0.6 is 0 Å². The van der Waals surface area contributed by atoms with E-state index in [1.807, 2.05) is 0 Å². The van der Waals surface area contributed by atoms with Gasteiger partial charge in [-0.1, -0.05) is 24.3 Å². The van der Waals surface area contributed by atoms with Gasteiger partial charge >= 0.3 is 0 Å². The summed E-state index contributed by atoms with van der Waals surface area (Å²) in [5.74, 6) is 2.07. The van der Waals surface area contributed by atoms with Crippen LogP contribution in [0.5, 0.6) is 0 Å². The normalized spacial score (nSPS) is 20.8. The molecule has 0 atom stereocenters. The number of allylic oxidation sites excluding steroid dienone is 1. The molecule has 80 valence electrons. The molecule has 1 aromatic carbocycles. The number of hydrogen-bond acceptors (Lipinski definition) is 4. The summed E-state index contributed by atoms with van der Waals surface area (Å²) in [4.78, 5) is 2.21. The summed E-state index contributed by atoms with van der Waals surface area (Å²) in [7, 11) is 0. The quantitative estimate of drug-likeness (QED) is 0.701. The first kappa shape index (κ1) is 8.21. The maximum atomic E-state index is 5.77. The summed E-state index contributed by atoms with van der Waals surface area (Å²) in [6.45, 7) is 1.34. The number of hydrazone groups is 1. The molecule has 3 aliphatic rings. The highest BCUT2D eigenvalue weighted by atomic mass is 16.5. The first-order valence-corrected chi connectivity index (χ1v) is 5.45. The maximum Gasteiger partial charge on any atom is 0.168 e. The number of fused-ring (bicyclic) bond motifs is 4. The molecule has 4 heteroatoms. The molecule has 2 aliphatic heterocycles. The molecule has 0 fully saturated rings. The lowest BCUT2D eigenvalue weighted by molar-refractivity contribution is 0.232. The van der Waals surface area contributed by atoms with E-state index in [4.69, 9.17) is 4.74 Å². The third-order valence-electron chi connectivity index (χ3n) is 3.28. The minimum atomic E-state index is 0.583. The van der Waals surface area contributed by atoms with Gasteiger partial charge in [0, 0.05) is 12.0 Å². The molecule has 0 amide bonds. The van der Waals surface area contributed by atoms with Crippen LogP contribution < -0.4 is 5.43 Å². The first-order chi connectivity index (χ1) is 7.93. The summed E-state index contributed by atoms with van der Waals surface area (Å²) in [5, 5.41) is 4.22. The summed E-state index contributed by atoms with van der Waals surface area (Å²) >= 11 is 0. The number of nitrogens with zero attached hydrogens (tertiary/aromatic N) is 2. The highest BCUT2D eigenvalue weighted by Gasteiger charge is 2.35. The summed E-state index contributed by atoms with van der Waals surface area (Å²) in [6.07, 6.45) is 0.912. The highest BCUT2D eigenvalue weighted by Crippen LogP contribution is 2.38. The molecule has 0 spiro atoms. The van der Waals surface area contributed by atoms with Crippen molar-refractivity contribution in [3.05, 3.63) is 41.2 Å². The fourth-order valence-electron chi connectivity index (χ4n) is 2.55. The monoisotopic (exact) mass is 213 g/mol. The maximum absolute atomic E-state index is 5.77. The van der Waals surface area contributed by atoms with Crippen LogP contribution in [0.1, 0.15) is 11.1 Å². The van der Waals surface area contributed by atoms with E-state index in [9.17, 15) is 0 Å². The molecule has 4 nitrogen and oxygen atoms in total. The van der Waals surface area contributed by atoms with Gasteiger partial charge in [0.15, 0.2) is 5.84 Å². The van der Waals surface area contributed by atoms with Crippen molar-refractivity contribution in [2.45, 2.75) is 6.42 Å². The number of benzene rings is 1. The number of ether oxygens (including phenoxy) is 1. The van der Waals surface area contributed by atoms with Gasteiger partial charge in [-0.2, -0.15) is 5.10 Å². The smallest absolute Gasteiger partial charge is 0.168 e. The number of hydrogen-bond donors (Lipinski definition) is 1. The van der Waals surface area contributed by atoms with Crippen molar-refractivity contribution in [3.8, 4) is 0 Å². The van der Waals surface area contributed by atoms with Crippen LogP contribution in [0.3, 0.4) is 0 Å². The lowest BCUT2D eigenvalue weighted by Crippen LogP contribution is -2.34. The molecule has 0 radical (unpaired) electrons. The molecule has 2 heterocycles. The van der Waals surface area contributed by atoms with E-state index in [2.05, 4.69) is 39.7 Å². The van der Waals surface area contributed by atoms with E-state index in [0.717, 1.165) is 24.7 Å². The van der Waals surface area contributed by atoms with Crippen molar-refractivity contribution in [3.63, 3.8) is 0 Å². The topological polar surface area (TPSA) is 36.9 Å². The Labute approximate surface area is 93.2 Å². The molecule has 0 aromatic heterocycles. The largest absolute Gasteiger partial charge is 0.487 e. The second-order valence-electron chi connectivity index (χ2n) is 4.17. The average molecular weight is 213 g/mol. The van der Waals surface area contributed by atoms with Crippen LogP contribution in [-0.4, -0.2) is 24.0 Å². The van der Waals surface area contributed by atoms with Crippen LogP contribution in [0.2, 0.25) is 0 Å². The molecule has 0 unspecified atom stereocenters. The van der Waals surface area contributed by atoms with Gasteiger partial charge in [-0.3, -0.25) is 5.43 Å². The zero-order valence-corrected chi connectivity index (χ0v) is 8.73. The van der Waals surface area contributed by atoms with E-state index in [1.54, 1.807) is 0 Å². The predicted octanol–water partition coefficient (Wildman–Crippen LogP) is 1.12. The Balaban J connectivity index is 1.89. The van der Waals surface area contributed by atoms with Crippen molar-refractivity contribution >= 4 is 11.5 Å². The van der Waals surface area contributed by atoms with Crippen molar-refractivity contribution < 1.29 is 4.74 Å². The van der Waals surface area contributed by atoms with E-state index in [1.165, 1.54) is 16.8 Å². The van der Waals surface area contributed by atoms with Crippen LogP contribution in [0, 0.1) is 0 Å². The standard InChI is InChI=1S/C12H11N3O/c1-2-4-9-8(3-1)5-10-12(9)15-7-13-14-11(15)6-16-10/h1-4,13H,5-7H2. The predicted molar refractivity (Wildman–Crippen MR) is 60.3 cm³/mol. The van der Waals surface area contributed by atoms with E-state index >= 15 is 0 Å². The summed E-state index contributed by atoms with van der Waals surface area (Å²) < 4.78 is 5.77. The molecule has 16 heavy (non-hydrogen) atoms. The van der Waals surface area contributed by atoms with Crippen LogP contribution in [-0.2, 0) is 11.2 Å². The highest BCUT2D eigenvalue weighted by molar-refractivity contribution is 5.96. The van der Waals surface area contributed by atoms with Gasteiger partial charge in [0.2, 0.25) is 0 Å². The molecule has 0 saturated carbocycles. The SMILES string of the molecule is c1ccc2c(c1)CC1=C2N2CNN=C2CO1.